The van der Waals surface area contributed by atoms with Crippen LogP contribution in [0.3, 0.4) is 0 Å². The highest BCUT2D eigenvalue weighted by Crippen LogP contribution is 2.33. The lowest BCUT2D eigenvalue weighted by Gasteiger charge is -2.32. The summed E-state index contributed by atoms with van der Waals surface area (Å²) in [7, 11) is 0. The molecule has 0 radical (unpaired) electrons. The lowest BCUT2D eigenvalue weighted by atomic mass is 9.91. The maximum Gasteiger partial charge on any atom is 0.147 e. The third-order valence-corrected chi connectivity index (χ3v) is 4.05. The zero-order valence-electron chi connectivity index (χ0n) is 13.6. The molecule has 1 aliphatic rings. The van der Waals surface area contributed by atoms with E-state index >= 15 is 0 Å². The van der Waals surface area contributed by atoms with Crippen LogP contribution < -0.4 is 4.74 Å². The molecule has 0 aromatic heterocycles. The van der Waals surface area contributed by atoms with Crippen LogP contribution in [-0.4, -0.2) is 20.0 Å². The second-order valence-electron chi connectivity index (χ2n) is 5.83. The Morgan fingerprint density at radius 3 is 2.82 bits per heavy atom. The minimum Gasteiger partial charge on any atom is -0.494 e. The van der Waals surface area contributed by atoms with Gasteiger partial charge in [0.15, 0.2) is 0 Å². The molecule has 0 N–H and O–H groups in total. The van der Waals surface area contributed by atoms with Crippen molar-refractivity contribution >= 4 is 0 Å². The molecular weight excluding hydrogens is 276 g/mol. The van der Waals surface area contributed by atoms with Crippen molar-refractivity contribution in [3.8, 4) is 5.75 Å². The number of rotatable bonds is 9. The van der Waals surface area contributed by atoms with Gasteiger partial charge in [-0.2, -0.15) is 0 Å². The number of ether oxygens (including phenoxy) is 3. The molecule has 3 heteroatoms. The first-order chi connectivity index (χ1) is 10.8. The maximum atomic E-state index is 5.86. The lowest BCUT2D eigenvalue weighted by molar-refractivity contribution is -0.174. The lowest BCUT2D eigenvalue weighted by Crippen LogP contribution is -2.28. The summed E-state index contributed by atoms with van der Waals surface area (Å²) in [5.41, 5.74) is 1.22. The molecule has 2 atom stereocenters. The number of hydrogen-bond donors (Lipinski definition) is 0. The SMILES string of the molecule is C=CCCCC1COCOC1c1ccc(OCCCC)cc1. The molecule has 0 bridgehead atoms. The topological polar surface area (TPSA) is 27.7 Å². The third kappa shape index (κ3) is 5.15. The summed E-state index contributed by atoms with van der Waals surface area (Å²) in [4.78, 5) is 0. The molecule has 1 saturated heterocycles. The second-order valence-corrected chi connectivity index (χ2v) is 5.83. The predicted molar refractivity (Wildman–Crippen MR) is 89.0 cm³/mol. The molecule has 1 heterocycles. The fraction of sp³-hybridized carbons (Fsp3) is 0.579. The largest absolute Gasteiger partial charge is 0.494 e. The number of unbranched alkanes of at least 4 members (excludes halogenated alkanes) is 2. The van der Waals surface area contributed by atoms with E-state index in [1.54, 1.807) is 0 Å². The van der Waals surface area contributed by atoms with Gasteiger partial charge in [0.25, 0.3) is 0 Å². The minimum absolute atomic E-state index is 0.128. The van der Waals surface area contributed by atoms with Crippen LogP contribution in [-0.2, 0) is 9.47 Å². The predicted octanol–water partition coefficient (Wildman–Crippen LogP) is 4.88. The Bertz CT molecular complexity index is 427. The van der Waals surface area contributed by atoms with Gasteiger partial charge in [0.2, 0.25) is 0 Å². The molecule has 2 unspecified atom stereocenters. The smallest absolute Gasteiger partial charge is 0.147 e. The van der Waals surface area contributed by atoms with Crippen molar-refractivity contribution in [1.82, 2.24) is 0 Å². The maximum absolute atomic E-state index is 5.86. The second kappa shape index (κ2) is 9.65. The van der Waals surface area contributed by atoms with Gasteiger partial charge < -0.3 is 14.2 Å². The van der Waals surface area contributed by atoms with Crippen molar-refractivity contribution < 1.29 is 14.2 Å². The van der Waals surface area contributed by atoms with E-state index in [-0.39, 0.29) is 6.10 Å². The van der Waals surface area contributed by atoms with Gasteiger partial charge in [0.05, 0.1) is 19.3 Å². The van der Waals surface area contributed by atoms with Gasteiger partial charge in [-0.05, 0) is 43.4 Å². The zero-order valence-corrected chi connectivity index (χ0v) is 13.6. The Morgan fingerprint density at radius 2 is 2.09 bits per heavy atom. The summed E-state index contributed by atoms with van der Waals surface area (Å²) < 4.78 is 17.1. The Balaban J connectivity index is 1.93. The average molecular weight is 304 g/mol. The summed E-state index contributed by atoms with van der Waals surface area (Å²) in [6.07, 6.45) is 7.63. The molecule has 1 aromatic rings. The zero-order chi connectivity index (χ0) is 15.6. The summed E-state index contributed by atoms with van der Waals surface area (Å²) in [6.45, 7) is 7.90. The monoisotopic (exact) mass is 304 g/mol. The third-order valence-electron chi connectivity index (χ3n) is 4.05. The van der Waals surface area contributed by atoms with E-state index in [0.29, 0.717) is 12.7 Å². The molecule has 122 valence electrons. The highest BCUT2D eigenvalue weighted by molar-refractivity contribution is 5.29. The van der Waals surface area contributed by atoms with Crippen molar-refractivity contribution in [2.75, 3.05) is 20.0 Å². The van der Waals surface area contributed by atoms with Crippen LogP contribution in [0, 0.1) is 5.92 Å². The highest BCUT2D eigenvalue weighted by atomic mass is 16.7. The van der Waals surface area contributed by atoms with Crippen LogP contribution in [0.25, 0.3) is 0 Å². The molecule has 0 aliphatic carbocycles. The summed E-state index contributed by atoms with van der Waals surface area (Å²) >= 11 is 0. The fourth-order valence-corrected chi connectivity index (χ4v) is 2.76. The Labute approximate surface area is 134 Å². The van der Waals surface area contributed by atoms with Crippen LogP contribution in [0.1, 0.15) is 50.7 Å². The van der Waals surface area contributed by atoms with Gasteiger partial charge in [0.1, 0.15) is 12.5 Å². The molecular formula is C19H28O3. The van der Waals surface area contributed by atoms with Crippen LogP contribution in [0.5, 0.6) is 5.75 Å². The molecule has 1 aliphatic heterocycles. The summed E-state index contributed by atoms with van der Waals surface area (Å²) in [5.74, 6) is 1.35. The van der Waals surface area contributed by atoms with E-state index in [1.807, 2.05) is 18.2 Å². The quantitative estimate of drug-likeness (QED) is 0.480. The van der Waals surface area contributed by atoms with E-state index < -0.39 is 0 Å². The van der Waals surface area contributed by atoms with Gasteiger partial charge in [0, 0.05) is 5.92 Å². The van der Waals surface area contributed by atoms with E-state index in [4.69, 9.17) is 14.2 Å². The van der Waals surface area contributed by atoms with E-state index in [2.05, 4.69) is 25.6 Å². The van der Waals surface area contributed by atoms with Crippen LogP contribution >= 0.6 is 0 Å². The number of hydrogen-bond acceptors (Lipinski definition) is 3. The van der Waals surface area contributed by atoms with Crippen molar-refractivity contribution in [1.29, 1.82) is 0 Å². The van der Waals surface area contributed by atoms with Gasteiger partial charge in [-0.15, -0.1) is 6.58 Å². The normalized spacial score (nSPS) is 21.5. The van der Waals surface area contributed by atoms with E-state index in [9.17, 15) is 0 Å². The van der Waals surface area contributed by atoms with Gasteiger partial charge in [-0.3, -0.25) is 0 Å². The van der Waals surface area contributed by atoms with Crippen LogP contribution in [0.2, 0.25) is 0 Å². The van der Waals surface area contributed by atoms with Crippen LogP contribution in [0.15, 0.2) is 36.9 Å². The minimum atomic E-state index is 0.128. The Hall–Kier alpha value is -1.32. The summed E-state index contributed by atoms with van der Waals surface area (Å²) in [6, 6.07) is 8.34. The van der Waals surface area contributed by atoms with Crippen molar-refractivity contribution in [2.24, 2.45) is 5.92 Å². The molecule has 1 fully saturated rings. The first kappa shape index (κ1) is 17.0. The average Bonchev–Trinajstić information content (AvgIpc) is 2.57. The molecule has 0 saturated carbocycles. The number of allylic oxidation sites excluding steroid dienone is 1. The van der Waals surface area contributed by atoms with Crippen molar-refractivity contribution in [3.63, 3.8) is 0 Å². The van der Waals surface area contributed by atoms with E-state index in [1.165, 1.54) is 5.56 Å². The highest BCUT2D eigenvalue weighted by Gasteiger charge is 2.27. The number of benzene rings is 1. The molecule has 0 amide bonds. The van der Waals surface area contributed by atoms with Gasteiger partial charge in [-0.1, -0.05) is 31.6 Å². The van der Waals surface area contributed by atoms with Crippen molar-refractivity contribution in [3.05, 3.63) is 42.5 Å². The van der Waals surface area contributed by atoms with Gasteiger partial charge >= 0.3 is 0 Å². The molecule has 22 heavy (non-hydrogen) atoms. The summed E-state index contributed by atoms with van der Waals surface area (Å²) in [5, 5.41) is 0. The molecule has 2 rings (SSSR count). The standard InChI is InChI=1S/C19H28O3/c1-3-5-7-8-17-14-20-15-22-19(17)16-9-11-18(12-10-16)21-13-6-4-2/h3,9-12,17,19H,1,4-8,13-15H2,2H3. The first-order valence-corrected chi connectivity index (χ1v) is 8.38. The van der Waals surface area contributed by atoms with Crippen molar-refractivity contribution in [2.45, 2.75) is 45.1 Å². The van der Waals surface area contributed by atoms with Crippen LogP contribution in [0.4, 0.5) is 0 Å². The fourth-order valence-electron chi connectivity index (χ4n) is 2.76. The Kier molecular flexibility index (Phi) is 7.47. The first-order valence-electron chi connectivity index (χ1n) is 8.38. The Morgan fingerprint density at radius 1 is 1.27 bits per heavy atom. The molecule has 0 spiro atoms. The molecule has 3 nitrogen and oxygen atoms in total. The van der Waals surface area contributed by atoms with Gasteiger partial charge in [-0.25, -0.2) is 0 Å². The van der Waals surface area contributed by atoms with E-state index in [0.717, 1.165) is 51.1 Å². The molecule has 1 aromatic carbocycles.